The average Bonchev–Trinajstić information content (AvgIpc) is 3.12. The Morgan fingerprint density at radius 1 is 1.30 bits per heavy atom. The minimum absolute atomic E-state index is 0.110. The predicted molar refractivity (Wildman–Crippen MR) is 82.6 cm³/mol. The molecule has 0 N–H and O–H groups in total. The van der Waals surface area contributed by atoms with Crippen LogP contribution in [0, 0.1) is 19.7 Å². The van der Waals surface area contributed by atoms with Crippen molar-refractivity contribution in [2.75, 3.05) is 0 Å². The van der Waals surface area contributed by atoms with Gasteiger partial charge in [-0.1, -0.05) is 5.16 Å². The summed E-state index contributed by atoms with van der Waals surface area (Å²) in [5, 5.41) is 3.79. The molecule has 0 spiro atoms. The van der Waals surface area contributed by atoms with Crippen LogP contribution in [0.15, 0.2) is 34.9 Å². The molecule has 0 atom stereocenters. The van der Waals surface area contributed by atoms with E-state index in [2.05, 4.69) is 10.1 Å². The summed E-state index contributed by atoms with van der Waals surface area (Å²) in [7, 11) is 0. The number of thiophene rings is 1. The Labute approximate surface area is 135 Å². The van der Waals surface area contributed by atoms with Crippen LogP contribution in [0.1, 0.15) is 26.0 Å². The van der Waals surface area contributed by atoms with Crippen molar-refractivity contribution in [2.45, 2.75) is 20.5 Å². The predicted octanol–water partition coefficient (Wildman–Crippen LogP) is 3.91. The maximum absolute atomic E-state index is 12.9. The number of benzene rings is 1. The van der Waals surface area contributed by atoms with E-state index in [0.29, 0.717) is 17.0 Å². The number of esters is 1. The van der Waals surface area contributed by atoms with Gasteiger partial charge in [0, 0.05) is 15.3 Å². The third kappa shape index (κ3) is 3.45. The summed E-state index contributed by atoms with van der Waals surface area (Å²) in [5.41, 5.74) is 1.17. The molecule has 7 heteroatoms. The maximum atomic E-state index is 12.9. The summed E-state index contributed by atoms with van der Waals surface area (Å²) in [6.45, 7) is 3.69. The molecule has 2 heterocycles. The van der Waals surface area contributed by atoms with Crippen molar-refractivity contribution >= 4 is 17.3 Å². The number of carbonyl (C=O) groups is 1. The molecule has 3 rings (SSSR count). The fourth-order valence-corrected chi connectivity index (χ4v) is 2.98. The van der Waals surface area contributed by atoms with Crippen molar-refractivity contribution in [1.82, 2.24) is 10.1 Å². The van der Waals surface area contributed by atoms with E-state index in [1.165, 1.54) is 23.5 Å². The Bertz CT molecular complexity index is 839. The molecule has 1 aromatic carbocycles. The van der Waals surface area contributed by atoms with Crippen molar-refractivity contribution < 1.29 is 18.4 Å². The Morgan fingerprint density at radius 2 is 2.04 bits per heavy atom. The van der Waals surface area contributed by atoms with E-state index in [4.69, 9.17) is 9.26 Å². The van der Waals surface area contributed by atoms with E-state index in [1.54, 1.807) is 18.2 Å². The van der Waals surface area contributed by atoms with Crippen LogP contribution in [0.25, 0.3) is 11.4 Å². The zero-order valence-corrected chi connectivity index (χ0v) is 13.3. The molecule has 0 fully saturated rings. The quantitative estimate of drug-likeness (QED) is 0.678. The zero-order valence-electron chi connectivity index (χ0n) is 12.5. The Kier molecular flexibility index (Phi) is 4.20. The van der Waals surface area contributed by atoms with E-state index in [-0.39, 0.29) is 18.3 Å². The zero-order chi connectivity index (χ0) is 16.4. The van der Waals surface area contributed by atoms with Crippen LogP contribution in [-0.2, 0) is 11.3 Å². The molecular formula is C16H13FN2O3S. The smallest absolute Gasteiger partial charge is 0.339 e. The molecule has 0 aliphatic rings. The van der Waals surface area contributed by atoms with Crippen LogP contribution < -0.4 is 0 Å². The fraction of sp³-hybridized carbons (Fsp3) is 0.188. The largest absolute Gasteiger partial charge is 0.452 e. The van der Waals surface area contributed by atoms with Gasteiger partial charge in [-0.2, -0.15) is 4.98 Å². The first-order valence-electron chi connectivity index (χ1n) is 6.85. The van der Waals surface area contributed by atoms with Gasteiger partial charge in [0.15, 0.2) is 6.61 Å². The molecule has 0 aliphatic heterocycles. The Hall–Kier alpha value is -2.54. The number of aryl methyl sites for hydroxylation is 2. The molecule has 0 radical (unpaired) electrons. The highest BCUT2D eigenvalue weighted by atomic mass is 32.1. The van der Waals surface area contributed by atoms with Gasteiger partial charge >= 0.3 is 5.97 Å². The second kappa shape index (κ2) is 6.29. The lowest BCUT2D eigenvalue weighted by molar-refractivity contribution is 0.0429. The van der Waals surface area contributed by atoms with E-state index >= 15 is 0 Å². The molecule has 2 aromatic heterocycles. The molecular weight excluding hydrogens is 319 g/mol. The minimum Gasteiger partial charge on any atom is -0.452 e. The van der Waals surface area contributed by atoms with Crippen LogP contribution in [0.4, 0.5) is 4.39 Å². The van der Waals surface area contributed by atoms with Gasteiger partial charge in [-0.3, -0.25) is 0 Å². The molecule has 0 amide bonds. The molecule has 0 unspecified atom stereocenters. The minimum atomic E-state index is -0.423. The van der Waals surface area contributed by atoms with Gasteiger partial charge in [-0.15, -0.1) is 11.3 Å². The van der Waals surface area contributed by atoms with Crippen molar-refractivity contribution in [3.8, 4) is 11.4 Å². The van der Waals surface area contributed by atoms with E-state index in [1.807, 2.05) is 13.8 Å². The first kappa shape index (κ1) is 15.4. The van der Waals surface area contributed by atoms with E-state index in [0.717, 1.165) is 9.75 Å². The van der Waals surface area contributed by atoms with Gasteiger partial charge in [0.2, 0.25) is 5.82 Å². The maximum Gasteiger partial charge on any atom is 0.339 e. The van der Waals surface area contributed by atoms with Gasteiger partial charge in [0.1, 0.15) is 5.82 Å². The van der Waals surface area contributed by atoms with Crippen molar-refractivity contribution in [1.29, 1.82) is 0 Å². The fourth-order valence-electron chi connectivity index (χ4n) is 2.07. The van der Waals surface area contributed by atoms with Gasteiger partial charge in [0.25, 0.3) is 5.89 Å². The highest BCUT2D eigenvalue weighted by Gasteiger charge is 2.16. The molecule has 0 saturated heterocycles. The number of halogens is 1. The topological polar surface area (TPSA) is 65.2 Å². The summed E-state index contributed by atoms with van der Waals surface area (Å²) in [4.78, 5) is 18.1. The van der Waals surface area contributed by atoms with Crippen LogP contribution >= 0.6 is 11.3 Å². The number of carbonyl (C=O) groups excluding carboxylic acids is 1. The number of nitrogens with zero attached hydrogens (tertiary/aromatic N) is 2. The molecule has 0 aliphatic carbocycles. The molecule has 0 saturated carbocycles. The lowest BCUT2D eigenvalue weighted by Crippen LogP contribution is -2.05. The summed E-state index contributed by atoms with van der Waals surface area (Å²) >= 11 is 1.54. The highest BCUT2D eigenvalue weighted by Crippen LogP contribution is 2.22. The molecule has 23 heavy (non-hydrogen) atoms. The van der Waals surface area contributed by atoms with E-state index in [9.17, 15) is 9.18 Å². The molecule has 5 nitrogen and oxygen atoms in total. The molecule has 0 bridgehead atoms. The second-order valence-electron chi connectivity index (χ2n) is 4.92. The van der Waals surface area contributed by atoms with Gasteiger partial charge in [-0.25, -0.2) is 9.18 Å². The van der Waals surface area contributed by atoms with Crippen LogP contribution in [0.2, 0.25) is 0 Å². The Balaban J connectivity index is 1.66. The third-order valence-corrected chi connectivity index (χ3v) is 4.12. The number of ether oxygens (including phenoxy) is 1. The number of hydrogen-bond donors (Lipinski definition) is 0. The SMILES string of the molecule is Cc1cc(C(=O)OCc2nc(-c3ccc(F)cc3)no2)c(C)s1. The van der Waals surface area contributed by atoms with Crippen LogP contribution in [0.3, 0.4) is 0 Å². The average molecular weight is 332 g/mol. The monoisotopic (exact) mass is 332 g/mol. The van der Waals surface area contributed by atoms with Crippen LogP contribution in [0.5, 0.6) is 0 Å². The number of aromatic nitrogens is 2. The summed E-state index contributed by atoms with van der Waals surface area (Å²) in [5.74, 6) is -0.262. The summed E-state index contributed by atoms with van der Waals surface area (Å²) in [6, 6.07) is 7.52. The summed E-state index contributed by atoms with van der Waals surface area (Å²) < 4.78 is 23.1. The van der Waals surface area contributed by atoms with Gasteiger partial charge in [-0.05, 0) is 44.2 Å². The molecule has 3 aromatic rings. The van der Waals surface area contributed by atoms with Gasteiger partial charge < -0.3 is 9.26 Å². The number of hydrogen-bond acceptors (Lipinski definition) is 6. The first-order chi connectivity index (χ1) is 11.0. The lowest BCUT2D eigenvalue weighted by atomic mass is 10.2. The lowest BCUT2D eigenvalue weighted by Gasteiger charge is -2.00. The standard InChI is InChI=1S/C16H13FN2O3S/c1-9-7-13(10(2)23-9)16(20)21-8-14-18-15(19-22-14)11-3-5-12(17)6-4-11/h3-7H,8H2,1-2H3. The van der Waals surface area contributed by atoms with E-state index < -0.39 is 5.97 Å². The third-order valence-electron chi connectivity index (χ3n) is 3.16. The van der Waals surface area contributed by atoms with Crippen molar-refractivity contribution in [3.05, 3.63) is 57.4 Å². The van der Waals surface area contributed by atoms with Crippen molar-refractivity contribution in [2.24, 2.45) is 0 Å². The highest BCUT2D eigenvalue weighted by molar-refractivity contribution is 7.12. The normalized spacial score (nSPS) is 10.7. The van der Waals surface area contributed by atoms with Gasteiger partial charge in [0.05, 0.1) is 5.56 Å². The molecule has 118 valence electrons. The summed E-state index contributed by atoms with van der Waals surface area (Å²) in [6.07, 6.45) is 0. The number of rotatable bonds is 4. The second-order valence-corrected chi connectivity index (χ2v) is 6.38. The van der Waals surface area contributed by atoms with Crippen molar-refractivity contribution in [3.63, 3.8) is 0 Å². The van der Waals surface area contributed by atoms with Crippen LogP contribution in [-0.4, -0.2) is 16.1 Å². The first-order valence-corrected chi connectivity index (χ1v) is 7.67. The Morgan fingerprint density at radius 3 is 2.70 bits per heavy atom.